The first kappa shape index (κ1) is 21.3. The zero-order valence-corrected chi connectivity index (χ0v) is 16.9. The van der Waals surface area contributed by atoms with Crippen molar-refractivity contribution in [2.45, 2.75) is 19.0 Å². The molecule has 8 heteroatoms. The first-order chi connectivity index (χ1) is 13.9. The Hall–Kier alpha value is -2.45. The monoisotopic (exact) mass is 420 g/mol. The van der Waals surface area contributed by atoms with E-state index in [0.29, 0.717) is 19.5 Å². The molecule has 6 nitrogen and oxygen atoms in total. The highest BCUT2D eigenvalue weighted by Crippen LogP contribution is 2.20. The topological polar surface area (TPSA) is 75.7 Å². The SMILES string of the molecule is O=C(CNCCOc1ccccc1F)N(Cc1ccccc1)[C@@H]1CCS(=O)(=O)C1. The van der Waals surface area contributed by atoms with E-state index in [9.17, 15) is 17.6 Å². The Kier molecular flexibility index (Phi) is 7.22. The molecule has 1 heterocycles. The van der Waals surface area contributed by atoms with Crippen LogP contribution >= 0.6 is 0 Å². The standard InChI is InChI=1S/C21H25FN2O4S/c22-19-8-4-5-9-20(19)28-12-11-23-14-21(25)24(15-17-6-2-1-3-7-17)18-10-13-29(26,27)16-18/h1-9,18,23H,10-16H2/t18-/m1/s1. The van der Waals surface area contributed by atoms with E-state index in [-0.39, 0.29) is 42.4 Å². The Morgan fingerprint density at radius 3 is 2.55 bits per heavy atom. The van der Waals surface area contributed by atoms with Crippen molar-refractivity contribution in [2.24, 2.45) is 0 Å². The van der Waals surface area contributed by atoms with Gasteiger partial charge >= 0.3 is 0 Å². The smallest absolute Gasteiger partial charge is 0.237 e. The van der Waals surface area contributed by atoms with Crippen LogP contribution in [0.25, 0.3) is 0 Å². The number of halogens is 1. The predicted octanol–water partition coefficient (Wildman–Crippen LogP) is 2.01. The number of carbonyl (C=O) groups is 1. The number of amides is 1. The average Bonchev–Trinajstić information content (AvgIpc) is 3.07. The van der Waals surface area contributed by atoms with Crippen molar-refractivity contribution in [1.82, 2.24) is 10.2 Å². The van der Waals surface area contributed by atoms with Gasteiger partial charge in [-0.15, -0.1) is 0 Å². The summed E-state index contributed by atoms with van der Waals surface area (Å²) in [6.07, 6.45) is 0.456. The largest absolute Gasteiger partial charge is 0.489 e. The van der Waals surface area contributed by atoms with E-state index in [0.717, 1.165) is 5.56 Å². The van der Waals surface area contributed by atoms with Gasteiger partial charge in [0.15, 0.2) is 21.4 Å². The van der Waals surface area contributed by atoms with E-state index in [2.05, 4.69) is 5.32 Å². The number of hydrogen-bond acceptors (Lipinski definition) is 5. The first-order valence-corrected chi connectivity index (χ1v) is 11.4. The highest BCUT2D eigenvalue weighted by Gasteiger charge is 2.34. The van der Waals surface area contributed by atoms with Crippen LogP contribution in [0.5, 0.6) is 5.75 Å². The van der Waals surface area contributed by atoms with Crippen LogP contribution in [-0.4, -0.2) is 56.5 Å². The number of hydrogen-bond donors (Lipinski definition) is 1. The van der Waals surface area contributed by atoms with Crippen molar-refractivity contribution in [3.05, 3.63) is 66.0 Å². The molecule has 1 fully saturated rings. The summed E-state index contributed by atoms with van der Waals surface area (Å²) >= 11 is 0. The van der Waals surface area contributed by atoms with Crippen LogP contribution in [-0.2, 0) is 21.2 Å². The number of ether oxygens (including phenoxy) is 1. The maximum absolute atomic E-state index is 13.5. The van der Waals surface area contributed by atoms with E-state index in [1.54, 1.807) is 23.1 Å². The van der Waals surface area contributed by atoms with Crippen molar-refractivity contribution >= 4 is 15.7 Å². The second kappa shape index (κ2) is 9.84. The quantitative estimate of drug-likeness (QED) is 0.628. The van der Waals surface area contributed by atoms with Crippen LogP contribution in [0.15, 0.2) is 54.6 Å². The van der Waals surface area contributed by atoms with Gasteiger partial charge < -0.3 is 15.0 Å². The van der Waals surface area contributed by atoms with Gasteiger partial charge in [0, 0.05) is 19.1 Å². The van der Waals surface area contributed by atoms with Gasteiger partial charge in [0.25, 0.3) is 0 Å². The maximum atomic E-state index is 13.5. The third-order valence-electron chi connectivity index (χ3n) is 4.81. The molecule has 3 rings (SSSR count). The minimum absolute atomic E-state index is 0.00195. The highest BCUT2D eigenvalue weighted by molar-refractivity contribution is 7.91. The molecular weight excluding hydrogens is 395 g/mol. The lowest BCUT2D eigenvalue weighted by molar-refractivity contribution is -0.132. The summed E-state index contributed by atoms with van der Waals surface area (Å²) in [5.74, 6) is -0.313. The van der Waals surface area contributed by atoms with Gasteiger partial charge in [-0.25, -0.2) is 12.8 Å². The van der Waals surface area contributed by atoms with Gasteiger partial charge in [0.1, 0.15) is 6.61 Å². The molecule has 0 aliphatic carbocycles. The molecule has 0 aromatic heterocycles. The number of sulfone groups is 1. The van der Waals surface area contributed by atoms with E-state index in [4.69, 9.17) is 4.74 Å². The zero-order chi connectivity index (χ0) is 20.7. The summed E-state index contributed by atoms with van der Waals surface area (Å²) in [7, 11) is -3.10. The molecule has 1 atom stereocenters. The summed E-state index contributed by atoms with van der Waals surface area (Å²) in [5, 5.41) is 3.00. The van der Waals surface area contributed by atoms with E-state index >= 15 is 0 Å². The predicted molar refractivity (Wildman–Crippen MR) is 109 cm³/mol. The molecule has 29 heavy (non-hydrogen) atoms. The Morgan fingerprint density at radius 1 is 1.14 bits per heavy atom. The summed E-state index contributed by atoms with van der Waals surface area (Å²) < 4.78 is 42.6. The Bertz CT molecular complexity index is 921. The van der Waals surface area contributed by atoms with Crippen molar-refractivity contribution in [3.63, 3.8) is 0 Å². The number of benzene rings is 2. The van der Waals surface area contributed by atoms with Crippen molar-refractivity contribution in [3.8, 4) is 5.75 Å². The van der Waals surface area contributed by atoms with Gasteiger partial charge in [-0.2, -0.15) is 0 Å². The van der Waals surface area contributed by atoms with Gasteiger partial charge in [-0.3, -0.25) is 4.79 Å². The van der Waals surface area contributed by atoms with Crippen LogP contribution in [0, 0.1) is 5.82 Å². The minimum Gasteiger partial charge on any atom is -0.489 e. The van der Waals surface area contributed by atoms with Crippen molar-refractivity contribution < 1.29 is 22.3 Å². The second-order valence-electron chi connectivity index (χ2n) is 7.02. The third-order valence-corrected chi connectivity index (χ3v) is 6.56. The molecule has 0 unspecified atom stereocenters. The number of carbonyl (C=O) groups excluding carboxylic acids is 1. The molecular formula is C21H25FN2O4S. The Morgan fingerprint density at radius 2 is 1.86 bits per heavy atom. The minimum atomic E-state index is -3.10. The fourth-order valence-corrected chi connectivity index (χ4v) is 5.04. The lowest BCUT2D eigenvalue weighted by Crippen LogP contribution is -2.45. The average molecular weight is 421 g/mol. The van der Waals surface area contributed by atoms with Gasteiger partial charge in [0.05, 0.1) is 18.1 Å². The summed E-state index contributed by atoms with van der Waals surface area (Å²) in [6, 6.07) is 15.3. The van der Waals surface area contributed by atoms with Crippen LogP contribution in [0.4, 0.5) is 4.39 Å². The molecule has 1 aliphatic heterocycles. The molecule has 0 bridgehead atoms. The number of para-hydroxylation sites is 1. The van der Waals surface area contributed by atoms with Crippen LogP contribution in [0.3, 0.4) is 0 Å². The lowest BCUT2D eigenvalue weighted by Gasteiger charge is -2.28. The molecule has 0 spiro atoms. The molecule has 0 saturated carbocycles. The lowest BCUT2D eigenvalue weighted by atomic mass is 10.1. The van der Waals surface area contributed by atoms with Crippen molar-refractivity contribution in [2.75, 3.05) is 31.2 Å². The van der Waals surface area contributed by atoms with E-state index in [1.165, 1.54) is 6.07 Å². The van der Waals surface area contributed by atoms with Crippen molar-refractivity contribution in [1.29, 1.82) is 0 Å². The summed E-state index contributed by atoms with van der Waals surface area (Å²) in [6.45, 7) is 1.00. The molecule has 1 amide bonds. The molecule has 2 aromatic rings. The number of nitrogens with one attached hydrogen (secondary N) is 1. The van der Waals surface area contributed by atoms with Crippen LogP contribution in [0.1, 0.15) is 12.0 Å². The fraction of sp³-hybridized carbons (Fsp3) is 0.381. The highest BCUT2D eigenvalue weighted by atomic mass is 32.2. The molecule has 1 aliphatic rings. The Balaban J connectivity index is 1.53. The van der Waals surface area contributed by atoms with Gasteiger partial charge in [-0.05, 0) is 24.1 Å². The normalized spacial score (nSPS) is 17.8. The number of rotatable bonds is 9. The number of nitrogens with zero attached hydrogens (tertiary/aromatic N) is 1. The van der Waals surface area contributed by atoms with E-state index in [1.807, 2.05) is 30.3 Å². The maximum Gasteiger partial charge on any atom is 0.237 e. The molecule has 1 saturated heterocycles. The van der Waals surface area contributed by atoms with Crippen LogP contribution in [0.2, 0.25) is 0 Å². The zero-order valence-electron chi connectivity index (χ0n) is 16.1. The molecule has 156 valence electrons. The molecule has 0 radical (unpaired) electrons. The van der Waals surface area contributed by atoms with Gasteiger partial charge in [-0.1, -0.05) is 42.5 Å². The van der Waals surface area contributed by atoms with Gasteiger partial charge in [0.2, 0.25) is 5.91 Å². The fourth-order valence-electron chi connectivity index (χ4n) is 3.31. The summed E-state index contributed by atoms with van der Waals surface area (Å²) in [5.41, 5.74) is 0.952. The summed E-state index contributed by atoms with van der Waals surface area (Å²) in [4.78, 5) is 14.4. The van der Waals surface area contributed by atoms with Crippen LogP contribution < -0.4 is 10.1 Å². The van der Waals surface area contributed by atoms with E-state index < -0.39 is 15.7 Å². The first-order valence-electron chi connectivity index (χ1n) is 9.56. The third kappa shape index (κ3) is 6.27. The second-order valence-corrected chi connectivity index (χ2v) is 9.25. The molecule has 1 N–H and O–H groups in total. The molecule has 2 aromatic carbocycles. The Labute approximate surface area is 170 Å².